The minimum absolute atomic E-state index is 0.0186. The van der Waals surface area contributed by atoms with Gasteiger partial charge in [0.15, 0.2) is 9.84 Å². The molecule has 1 saturated heterocycles. The van der Waals surface area contributed by atoms with E-state index in [2.05, 4.69) is 10.3 Å². The molecule has 2 heterocycles. The molecule has 1 unspecified atom stereocenters. The highest BCUT2D eigenvalue weighted by atomic mass is 35.5. The van der Waals surface area contributed by atoms with Crippen LogP contribution in [-0.2, 0) is 9.84 Å². The quantitative estimate of drug-likeness (QED) is 0.863. The summed E-state index contributed by atoms with van der Waals surface area (Å²) in [6.07, 6.45) is 2.06. The number of anilines is 2. The van der Waals surface area contributed by atoms with Crippen molar-refractivity contribution in [2.45, 2.75) is 19.4 Å². The molecule has 138 valence electrons. The molecule has 6 nitrogen and oxygen atoms in total. The van der Waals surface area contributed by atoms with E-state index in [1.165, 1.54) is 4.90 Å². The number of nitrogens with zero attached hydrogens (tertiary/aromatic N) is 2. The van der Waals surface area contributed by atoms with E-state index in [4.69, 9.17) is 11.6 Å². The zero-order valence-corrected chi connectivity index (χ0v) is 16.1. The second-order valence-electron chi connectivity index (χ2n) is 6.49. The van der Waals surface area contributed by atoms with Crippen LogP contribution >= 0.6 is 11.6 Å². The van der Waals surface area contributed by atoms with Crippen molar-refractivity contribution in [3.63, 3.8) is 0 Å². The average molecular weight is 394 g/mol. The summed E-state index contributed by atoms with van der Waals surface area (Å²) in [6, 6.07) is 8.66. The summed E-state index contributed by atoms with van der Waals surface area (Å²) in [6.45, 7) is 1.95. The normalized spacial score (nSPS) is 18.5. The maximum atomic E-state index is 12.5. The van der Waals surface area contributed by atoms with E-state index in [1.54, 1.807) is 31.4 Å². The van der Waals surface area contributed by atoms with Gasteiger partial charge in [-0.25, -0.2) is 13.4 Å². The summed E-state index contributed by atoms with van der Waals surface area (Å²) in [5.41, 5.74) is 2.94. The van der Waals surface area contributed by atoms with Gasteiger partial charge in [-0.1, -0.05) is 11.6 Å². The topological polar surface area (TPSA) is 79.4 Å². The van der Waals surface area contributed by atoms with E-state index in [1.807, 2.05) is 19.1 Å². The first-order valence-electron chi connectivity index (χ1n) is 8.22. The van der Waals surface area contributed by atoms with E-state index in [9.17, 15) is 13.2 Å². The minimum atomic E-state index is -3.04. The summed E-state index contributed by atoms with van der Waals surface area (Å²) < 4.78 is 23.2. The molecule has 1 aliphatic rings. The van der Waals surface area contributed by atoms with Gasteiger partial charge in [0.05, 0.1) is 23.4 Å². The number of benzene rings is 1. The van der Waals surface area contributed by atoms with Gasteiger partial charge in [0.25, 0.3) is 5.91 Å². The minimum Gasteiger partial charge on any atom is -0.354 e. The third kappa shape index (κ3) is 4.16. The molecule has 0 radical (unpaired) electrons. The monoisotopic (exact) mass is 393 g/mol. The summed E-state index contributed by atoms with van der Waals surface area (Å²) in [5.74, 6) is -0.127. The fraction of sp³-hybridized carbons (Fsp3) is 0.333. The third-order valence-corrected chi connectivity index (χ3v) is 6.51. The lowest BCUT2D eigenvalue weighted by molar-refractivity contribution is 0.0742. The van der Waals surface area contributed by atoms with E-state index >= 15 is 0 Å². The summed E-state index contributed by atoms with van der Waals surface area (Å²) in [7, 11) is -1.41. The number of carbonyl (C=O) groups excluding carboxylic acids is 1. The molecule has 1 atom stereocenters. The van der Waals surface area contributed by atoms with Crippen molar-refractivity contribution in [2.75, 3.05) is 23.9 Å². The van der Waals surface area contributed by atoms with Crippen molar-refractivity contribution in [1.82, 2.24) is 9.88 Å². The van der Waals surface area contributed by atoms with Gasteiger partial charge >= 0.3 is 0 Å². The fourth-order valence-electron chi connectivity index (χ4n) is 2.94. The van der Waals surface area contributed by atoms with Gasteiger partial charge in [-0.3, -0.25) is 4.79 Å². The van der Waals surface area contributed by atoms with Gasteiger partial charge in [-0.15, -0.1) is 0 Å². The molecule has 0 bridgehead atoms. The van der Waals surface area contributed by atoms with Crippen molar-refractivity contribution in [1.29, 1.82) is 0 Å². The van der Waals surface area contributed by atoms with E-state index in [0.717, 1.165) is 16.9 Å². The summed E-state index contributed by atoms with van der Waals surface area (Å²) >= 11 is 5.96. The lowest BCUT2D eigenvalue weighted by Crippen LogP contribution is -2.38. The molecule has 1 aromatic heterocycles. The number of hydrogen-bond acceptors (Lipinski definition) is 5. The fourth-order valence-corrected chi connectivity index (χ4v) is 4.95. The first-order chi connectivity index (χ1) is 12.2. The lowest BCUT2D eigenvalue weighted by Gasteiger charge is -2.23. The summed E-state index contributed by atoms with van der Waals surface area (Å²) in [4.78, 5) is 18.2. The molecule has 1 fully saturated rings. The Balaban J connectivity index is 1.70. The van der Waals surface area contributed by atoms with Crippen LogP contribution in [0.2, 0.25) is 5.02 Å². The Hall–Kier alpha value is -2.12. The van der Waals surface area contributed by atoms with Crippen molar-refractivity contribution in [3.8, 4) is 0 Å². The zero-order chi connectivity index (χ0) is 18.9. The number of carbonyl (C=O) groups is 1. The smallest absolute Gasteiger partial charge is 0.272 e. The summed E-state index contributed by atoms with van der Waals surface area (Å²) in [5, 5.41) is 3.91. The van der Waals surface area contributed by atoms with Crippen LogP contribution in [0.3, 0.4) is 0 Å². The van der Waals surface area contributed by atoms with Crippen LogP contribution in [0, 0.1) is 6.92 Å². The number of halogens is 1. The number of rotatable bonds is 4. The number of pyridine rings is 1. The highest BCUT2D eigenvalue weighted by Crippen LogP contribution is 2.24. The van der Waals surface area contributed by atoms with Gasteiger partial charge in [0.1, 0.15) is 5.69 Å². The van der Waals surface area contributed by atoms with Crippen molar-refractivity contribution in [2.24, 2.45) is 0 Å². The molecule has 1 N–H and O–H groups in total. The van der Waals surface area contributed by atoms with Gasteiger partial charge in [-0.2, -0.15) is 0 Å². The Bertz CT molecular complexity index is 929. The lowest BCUT2D eigenvalue weighted by atomic mass is 10.2. The molecule has 26 heavy (non-hydrogen) atoms. The first kappa shape index (κ1) is 18.7. The molecule has 0 aliphatic carbocycles. The second-order valence-corrected chi connectivity index (χ2v) is 9.15. The predicted octanol–water partition coefficient (Wildman–Crippen LogP) is 3.05. The molecule has 1 aromatic carbocycles. The van der Waals surface area contributed by atoms with Gasteiger partial charge in [-0.05, 0) is 49.2 Å². The van der Waals surface area contributed by atoms with E-state index in [-0.39, 0.29) is 29.1 Å². The van der Waals surface area contributed by atoms with Gasteiger partial charge in [0.2, 0.25) is 0 Å². The van der Waals surface area contributed by atoms with Gasteiger partial charge < -0.3 is 10.2 Å². The van der Waals surface area contributed by atoms with Crippen LogP contribution in [0.4, 0.5) is 11.4 Å². The largest absolute Gasteiger partial charge is 0.354 e. The number of amides is 1. The van der Waals surface area contributed by atoms with Crippen LogP contribution in [0.15, 0.2) is 36.5 Å². The van der Waals surface area contributed by atoms with E-state index < -0.39 is 9.84 Å². The second kappa shape index (κ2) is 7.25. The molecule has 0 spiro atoms. The number of aromatic nitrogens is 1. The Morgan fingerprint density at radius 1 is 1.31 bits per heavy atom. The molecule has 0 saturated carbocycles. The van der Waals surface area contributed by atoms with Crippen LogP contribution in [0.1, 0.15) is 22.5 Å². The maximum Gasteiger partial charge on any atom is 0.272 e. The van der Waals surface area contributed by atoms with Crippen LogP contribution in [-0.4, -0.2) is 48.8 Å². The highest BCUT2D eigenvalue weighted by Gasteiger charge is 2.33. The highest BCUT2D eigenvalue weighted by molar-refractivity contribution is 7.91. The van der Waals surface area contributed by atoms with E-state index in [0.29, 0.717) is 11.4 Å². The third-order valence-electron chi connectivity index (χ3n) is 4.53. The molecule has 3 rings (SSSR count). The molecular weight excluding hydrogens is 374 g/mol. The van der Waals surface area contributed by atoms with Crippen molar-refractivity contribution in [3.05, 3.63) is 52.8 Å². The number of nitrogens with one attached hydrogen (secondary N) is 1. The van der Waals surface area contributed by atoms with Gasteiger partial charge in [0, 0.05) is 23.8 Å². The Morgan fingerprint density at radius 2 is 2.08 bits per heavy atom. The van der Waals surface area contributed by atoms with Crippen molar-refractivity contribution >= 4 is 38.7 Å². The average Bonchev–Trinajstić information content (AvgIpc) is 2.97. The Morgan fingerprint density at radius 3 is 2.65 bits per heavy atom. The zero-order valence-electron chi connectivity index (χ0n) is 14.6. The standard InChI is InChI=1S/C18H20ClN3O3S/c1-12-9-13(19)3-5-16(12)21-14-4-6-17(20-10-14)18(23)22(2)15-7-8-26(24,25)11-15/h3-6,9-10,15,21H,7-8,11H2,1-2H3. The number of aryl methyl sites for hydroxylation is 1. The SMILES string of the molecule is Cc1cc(Cl)ccc1Nc1ccc(C(=O)N(C)C2CCS(=O)(=O)C2)nc1. The Labute approximate surface area is 158 Å². The van der Waals surface area contributed by atoms with Crippen LogP contribution in [0.5, 0.6) is 0 Å². The first-order valence-corrected chi connectivity index (χ1v) is 10.4. The molecular formula is C18H20ClN3O3S. The van der Waals surface area contributed by atoms with Crippen LogP contribution < -0.4 is 5.32 Å². The molecule has 1 amide bonds. The number of hydrogen-bond donors (Lipinski definition) is 1. The predicted molar refractivity (Wildman–Crippen MR) is 103 cm³/mol. The van der Waals surface area contributed by atoms with Crippen molar-refractivity contribution < 1.29 is 13.2 Å². The maximum absolute atomic E-state index is 12.5. The number of sulfone groups is 1. The Kier molecular flexibility index (Phi) is 5.20. The molecule has 1 aliphatic heterocycles. The molecule has 8 heteroatoms. The molecule has 2 aromatic rings. The van der Waals surface area contributed by atoms with Crippen LogP contribution in [0.25, 0.3) is 0 Å².